The van der Waals surface area contributed by atoms with Crippen LogP contribution in [-0.2, 0) is 28.6 Å². The molecule has 1 aromatic heterocycles. The van der Waals surface area contributed by atoms with Crippen molar-refractivity contribution >= 4 is 17.7 Å². The molecule has 9 atom stereocenters. The van der Waals surface area contributed by atoms with Crippen LogP contribution in [0.5, 0.6) is 0 Å². The lowest BCUT2D eigenvalue weighted by Gasteiger charge is -2.65. The molecule has 0 radical (unpaired) electrons. The maximum Gasteiger partial charge on any atom is 0.339 e. The van der Waals surface area contributed by atoms with Crippen molar-refractivity contribution in [2.45, 2.75) is 76.5 Å². The van der Waals surface area contributed by atoms with Crippen LogP contribution in [0.3, 0.4) is 0 Å². The largest absolute Gasteiger partial charge is 0.472 e. The molecule has 2 aliphatic heterocycles. The highest BCUT2D eigenvalue weighted by molar-refractivity contribution is 5.88. The molecule has 0 amide bonds. The zero-order valence-electron chi connectivity index (χ0n) is 19.2. The number of ether oxygens (including phenoxy) is 3. The Balaban J connectivity index is 1.63. The maximum atomic E-state index is 13.2. The summed E-state index contributed by atoms with van der Waals surface area (Å²) in [6.07, 6.45) is -0.352. The van der Waals surface area contributed by atoms with Crippen LogP contribution in [0.2, 0.25) is 0 Å². The third kappa shape index (κ3) is 2.56. The van der Waals surface area contributed by atoms with Gasteiger partial charge in [-0.2, -0.15) is 0 Å². The number of cyclic esters (lactones) is 1. The van der Waals surface area contributed by atoms with Gasteiger partial charge in [-0.1, -0.05) is 20.8 Å². The molecule has 5 rings (SSSR count). The summed E-state index contributed by atoms with van der Waals surface area (Å²) in [5.74, 6) is -1.95. The van der Waals surface area contributed by atoms with E-state index in [2.05, 4.69) is 0 Å². The van der Waals surface area contributed by atoms with Gasteiger partial charge in [0.15, 0.2) is 11.9 Å². The van der Waals surface area contributed by atoms with E-state index in [4.69, 9.17) is 18.6 Å². The molecule has 0 unspecified atom stereocenters. The van der Waals surface area contributed by atoms with Crippen LogP contribution in [0.1, 0.15) is 58.1 Å². The van der Waals surface area contributed by atoms with Gasteiger partial charge in [0.2, 0.25) is 0 Å². The van der Waals surface area contributed by atoms with Crippen LogP contribution in [0, 0.1) is 22.2 Å². The molecule has 4 fully saturated rings. The zero-order valence-corrected chi connectivity index (χ0v) is 19.2. The van der Waals surface area contributed by atoms with Gasteiger partial charge in [0.05, 0.1) is 32.2 Å². The van der Waals surface area contributed by atoms with Gasteiger partial charge in [0.1, 0.15) is 17.8 Å². The van der Waals surface area contributed by atoms with Crippen LogP contribution in [0.4, 0.5) is 0 Å². The minimum absolute atomic E-state index is 0.0837. The van der Waals surface area contributed by atoms with Gasteiger partial charge in [-0.15, -0.1) is 0 Å². The second-order valence-corrected chi connectivity index (χ2v) is 10.7. The van der Waals surface area contributed by atoms with E-state index in [1.807, 2.05) is 6.92 Å². The molecule has 2 saturated heterocycles. The molecule has 4 aliphatic rings. The first-order valence-electron chi connectivity index (χ1n) is 11.3. The molecule has 2 aliphatic carbocycles. The predicted octanol–water partition coefficient (Wildman–Crippen LogP) is 1.70. The molecular weight excluding hydrogens is 432 g/mol. The first kappa shape index (κ1) is 22.6. The number of carbonyl (C=O) groups is 3. The Bertz CT molecular complexity index is 1000. The molecule has 3 heterocycles. The van der Waals surface area contributed by atoms with E-state index >= 15 is 0 Å². The third-order valence-corrected chi connectivity index (χ3v) is 9.39. The van der Waals surface area contributed by atoms with Crippen LogP contribution in [0.15, 0.2) is 23.0 Å². The van der Waals surface area contributed by atoms with Gasteiger partial charge < -0.3 is 28.8 Å². The van der Waals surface area contributed by atoms with Gasteiger partial charge >= 0.3 is 11.9 Å². The lowest BCUT2D eigenvalue weighted by molar-refractivity contribution is -0.239. The Hall–Kier alpha value is -2.23. The molecule has 1 spiro atoms. The molecule has 9 nitrogen and oxygen atoms in total. The quantitative estimate of drug-likeness (QED) is 0.506. The van der Waals surface area contributed by atoms with E-state index in [0.717, 1.165) is 0 Å². The Morgan fingerprint density at radius 3 is 2.64 bits per heavy atom. The molecule has 33 heavy (non-hydrogen) atoms. The summed E-state index contributed by atoms with van der Waals surface area (Å²) in [6.45, 7) is 5.52. The summed E-state index contributed by atoms with van der Waals surface area (Å²) >= 11 is 0. The average Bonchev–Trinajstić information content (AvgIpc) is 3.34. The monoisotopic (exact) mass is 462 g/mol. The number of fused-ring (bicyclic) bond motifs is 1. The first-order chi connectivity index (χ1) is 15.5. The Kier molecular flexibility index (Phi) is 4.71. The standard InChI is InChI=1S/C24H30O9/c1-21(15(26)9-16(27)30-4)10-13(25)17(28)23(3)14(21)5-7-22(2)18(12-6-8-31-11-12)32-20(29)19-24(22,23)33-19/h6,8,11,14-15,17-19,26,28H,5,7,9-10H2,1-4H3/t14-,15+,17+,18+,19-,21+,22+,23+,24-/m1/s1. The second kappa shape index (κ2) is 6.90. The van der Waals surface area contributed by atoms with Crippen molar-refractivity contribution in [3.63, 3.8) is 0 Å². The predicted molar refractivity (Wildman–Crippen MR) is 110 cm³/mol. The number of Topliss-reactive ketones (excluding diaryl/α,β-unsaturated/α-hetero) is 1. The molecule has 0 aromatic carbocycles. The third-order valence-electron chi connectivity index (χ3n) is 9.39. The second-order valence-electron chi connectivity index (χ2n) is 10.7. The Labute approximate surface area is 191 Å². The number of methoxy groups -OCH3 is 1. The fraction of sp³-hybridized carbons (Fsp3) is 0.708. The van der Waals surface area contributed by atoms with Gasteiger partial charge in [0.25, 0.3) is 0 Å². The minimum Gasteiger partial charge on any atom is -0.472 e. The summed E-state index contributed by atoms with van der Waals surface area (Å²) in [6, 6.07) is 1.74. The SMILES string of the molecule is COC(=O)C[C@H](O)[C@@]1(C)CC(=O)[C@H](O)[C@]2(C)[C@@H]1CC[C@@]1(C)[C@H](c3ccoc3)OC(=O)[C@H]3O[C@@]321. The molecular formula is C24H30O9. The first-order valence-corrected chi connectivity index (χ1v) is 11.3. The number of hydrogen-bond donors (Lipinski definition) is 2. The van der Waals surface area contributed by atoms with Crippen molar-refractivity contribution in [1.82, 2.24) is 0 Å². The number of carbonyl (C=O) groups excluding carboxylic acids is 3. The molecule has 2 N–H and O–H groups in total. The van der Waals surface area contributed by atoms with Crippen LogP contribution in [-0.4, -0.2) is 59.0 Å². The summed E-state index contributed by atoms with van der Waals surface area (Å²) in [4.78, 5) is 38.1. The van der Waals surface area contributed by atoms with Crippen LogP contribution < -0.4 is 0 Å². The van der Waals surface area contributed by atoms with Crippen molar-refractivity contribution in [3.8, 4) is 0 Å². The van der Waals surface area contributed by atoms with Crippen molar-refractivity contribution < 1.29 is 43.2 Å². The molecule has 2 saturated carbocycles. The average molecular weight is 462 g/mol. The van der Waals surface area contributed by atoms with Gasteiger partial charge in [-0.05, 0) is 24.8 Å². The number of rotatable bonds is 4. The summed E-state index contributed by atoms with van der Waals surface area (Å²) in [7, 11) is 1.24. The highest BCUT2D eigenvalue weighted by Gasteiger charge is 2.88. The van der Waals surface area contributed by atoms with E-state index in [-0.39, 0.29) is 12.8 Å². The highest BCUT2D eigenvalue weighted by Crippen LogP contribution is 2.77. The number of aliphatic hydroxyl groups excluding tert-OH is 2. The number of hydrogen-bond acceptors (Lipinski definition) is 9. The number of aliphatic hydroxyl groups is 2. The molecule has 0 bridgehead atoms. The summed E-state index contributed by atoms with van der Waals surface area (Å²) < 4.78 is 22.0. The van der Waals surface area contributed by atoms with E-state index < -0.39 is 69.9 Å². The van der Waals surface area contributed by atoms with Crippen molar-refractivity contribution in [1.29, 1.82) is 0 Å². The minimum atomic E-state index is -1.39. The van der Waals surface area contributed by atoms with Crippen molar-refractivity contribution in [3.05, 3.63) is 24.2 Å². The van der Waals surface area contributed by atoms with Gasteiger partial charge in [-0.3, -0.25) is 9.59 Å². The number of epoxide rings is 1. The van der Waals surface area contributed by atoms with Crippen molar-refractivity contribution in [2.24, 2.45) is 22.2 Å². The summed E-state index contributed by atoms with van der Waals surface area (Å²) in [5, 5.41) is 22.5. The van der Waals surface area contributed by atoms with Gasteiger partial charge in [-0.25, -0.2) is 4.79 Å². The lowest BCUT2D eigenvalue weighted by Crippen LogP contribution is -2.72. The molecule has 1 aromatic rings. The fourth-order valence-electron chi connectivity index (χ4n) is 7.67. The number of esters is 2. The van der Waals surface area contributed by atoms with Crippen molar-refractivity contribution in [2.75, 3.05) is 7.11 Å². The van der Waals surface area contributed by atoms with Crippen LogP contribution in [0.25, 0.3) is 0 Å². The van der Waals surface area contributed by atoms with Gasteiger partial charge in [0, 0.05) is 28.2 Å². The normalized spacial score (nSPS) is 47.0. The molecule has 180 valence electrons. The topological polar surface area (TPSA) is 136 Å². The zero-order chi connectivity index (χ0) is 24.0. The van der Waals surface area contributed by atoms with E-state index in [0.29, 0.717) is 18.4 Å². The van der Waals surface area contributed by atoms with Crippen LogP contribution >= 0.6 is 0 Å². The Morgan fingerprint density at radius 1 is 1.27 bits per heavy atom. The number of furan rings is 1. The Morgan fingerprint density at radius 2 is 2.00 bits per heavy atom. The highest BCUT2D eigenvalue weighted by atomic mass is 16.7. The summed E-state index contributed by atoms with van der Waals surface area (Å²) in [5.41, 5.74) is -3.42. The fourth-order valence-corrected chi connectivity index (χ4v) is 7.67. The van der Waals surface area contributed by atoms with E-state index in [9.17, 15) is 24.6 Å². The lowest BCUT2D eigenvalue weighted by atomic mass is 9.39. The maximum absolute atomic E-state index is 13.2. The smallest absolute Gasteiger partial charge is 0.339 e. The van der Waals surface area contributed by atoms with E-state index in [1.54, 1.807) is 19.9 Å². The number of ketones is 1. The van der Waals surface area contributed by atoms with E-state index in [1.165, 1.54) is 19.6 Å². The molecule has 9 heteroatoms.